The van der Waals surface area contributed by atoms with Gasteiger partial charge in [0.2, 0.25) is 11.7 Å². The Morgan fingerprint density at radius 1 is 1.48 bits per heavy atom. The fourth-order valence-corrected chi connectivity index (χ4v) is 2.54. The largest absolute Gasteiger partial charge is 0.480 e. The van der Waals surface area contributed by atoms with Gasteiger partial charge in [-0.15, -0.1) is 0 Å². The topological polar surface area (TPSA) is 106 Å². The summed E-state index contributed by atoms with van der Waals surface area (Å²) in [4.78, 5) is 21.9. The standard InChI is InChI=1S/C13H14N2O5S/c1-8(16)14-10(13(17)18)7-21-6-9-5-12(20-15-9)11-3-2-4-19-11/h2-5,10H,6-7H2,1H3,(H,14,16)(H,17,18). The third-order valence-corrected chi connectivity index (χ3v) is 3.60. The van der Waals surface area contributed by atoms with Gasteiger partial charge in [0.1, 0.15) is 6.04 Å². The van der Waals surface area contributed by atoms with E-state index < -0.39 is 12.0 Å². The lowest BCUT2D eigenvalue weighted by molar-refractivity contribution is -0.140. The summed E-state index contributed by atoms with van der Waals surface area (Å²) in [6.07, 6.45) is 1.54. The molecule has 2 aromatic rings. The highest BCUT2D eigenvalue weighted by molar-refractivity contribution is 7.98. The van der Waals surface area contributed by atoms with Gasteiger partial charge in [0, 0.05) is 24.5 Å². The molecule has 0 aliphatic carbocycles. The maximum absolute atomic E-state index is 11.0. The summed E-state index contributed by atoms with van der Waals surface area (Å²) in [7, 11) is 0. The van der Waals surface area contributed by atoms with Crippen molar-refractivity contribution in [1.82, 2.24) is 10.5 Å². The third kappa shape index (κ3) is 4.38. The van der Waals surface area contributed by atoms with E-state index in [0.29, 0.717) is 23.0 Å². The number of carboxylic acids is 1. The molecule has 112 valence electrons. The average molecular weight is 310 g/mol. The lowest BCUT2D eigenvalue weighted by Gasteiger charge is -2.11. The Labute approximate surface area is 124 Å². The van der Waals surface area contributed by atoms with E-state index in [-0.39, 0.29) is 11.7 Å². The molecule has 21 heavy (non-hydrogen) atoms. The Morgan fingerprint density at radius 2 is 2.29 bits per heavy atom. The molecule has 1 amide bonds. The van der Waals surface area contributed by atoms with E-state index in [1.165, 1.54) is 24.9 Å². The van der Waals surface area contributed by atoms with Crippen LogP contribution >= 0.6 is 11.8 Å². The number of nitrogens with one attached hydrogen (secondary N) is 1. The molecule has 8 heteroatoms. The molecule has 0 spiro atoms. The van der Waals surface area contributed by atoms with Crippen LogP contribution in [0.1, 0.15) is 12.6 Å². The number of furan rings is 1. The van der Waals surface area contributed by atoms with Crippen LogP contribution in [0.4, 0.5) is 0 Å². The van der Waals surface area contributed by atoms with Gasteiger partial charge in [-0.25, -0.2) is 4.79 Å². The van der Waals surface area contributed by atoms with Crippen molar-refractivity contribution in [3.8, 4) is 11.5 Å². The van der Waals surface area contributed by atoms with Crippen molar-refractivity contribution in [2.45, 2.75) is 18.7 Å². The molecule has 0 aliphatic rings. The number of rotatable bonds is 7. The molecule has 0 saturated heterocycles. The van der Waals surface area contributed by atoms with Crippen molar-refractivity contribution in [1.29, 1.82) is 0 Å². The minimum Gasteiger partial charge on any atom is -0.480 e. The van der Waals surface area contributed by atoms with E-state index in [4.69, 9.17) is 14.0 Å². The smallest absolute Gasteiger partial charge is 0.327 e. The number of carbonyl (C=O) groups is 2. The molecule has 0 bridgehead atoms. The fourth-order valence-electron chi connectivity index (χ4n) is 1.62. The first-order valence-electron chi connectivity index (χ1n) is 6.13. The van der Waals surface area contributed by atoms with Gasteiger partial charge < -0.3 is 19.4 Å². The molecule has 2 heterocycles. The molecular formula is C13H14N2O5S. The monoisotopic (exact) mass is 310 g/mol. The summed E-state index contributed by atoms with van der Waals surface area (Å²) in [5.74, 6) is 0.400. The van der Waals surface area contributed by atoms with Crippen molar-refractivity contribution in [3.63, 3.8) is 0 Å². The van der Waals surface area contributed by atoms with Crippen LogP contribution in [0, 0.1) is 0 Å². The van der Waals surface area contributed by atoms with Gasteiger partial charge in [0.15, 0.2) is 5.76 Å². The van der Waals surface area contributed by atoms with Gasteiger partial charge in [-0.3, -0.25) is 4.79 Å². The molecular weight excluding hydrogens is 296 g/mol. The van der Waals surface area contributed by atoms with Gasteiger partial charge in [0.25, 0.3) is 0 Å². The molecule has 0 radical (unpaired) electrons. The molecule has 0 aliphatic heterocycles. The van der Waals surface area contributed by atoms with Gasteiger partial charge in [-0.1, -0.05) is 5.16 Å². The summed E-state index contributed by atoms with van der Waals surface area (Å²) < 4.78 is 10.3. The van der Waals surface area contributed by atoms with E-state index in [0.717, 1.165) is 0 Å². The van der Waals surface area contributed by atoms with Crippen molar-refractivity contribution in [3.05, 3.63) is 30.2 Å². The third-order valence-electron chi connectivity index (χ3n) is 2.53. The summed E-state index contributed by atoms with van der Waals surface area (Å²) in [6.45, 7) is 1.29. The number of hydrogen-bond donors (Lipinski definition) is 2. The number of thioether (sulfide) groups is 1. The van der Waals surface area contributed by atoms with Crippen LogP contribution in [-0.2, 0) is 15.3 Å². The zero-order chi connectivity index (χ0) is 15.2. The SMILES string of the molecule is CC(=O)NC(CSCc1cc(-c2ccco2)on1)C(=O)O. The number of aromatic nitrogens is 1. The molecule has 7 nitrogen and oxygen atoms in total. The molecule has 1 unspecified atom stereocenters. The first kappa shape index (κ1) is 15.2. The van der Waals surface area contributed by atoms with Crippen LogP contribution < -0.4 is 5.32 Å². The maximum Gasteiger partial charge on any atom is 0.327 e. The Bertz CT molecular complexity index is 608. The van der Waals surface area contributed by atoms with E-state index >= 15 is 0 Å². The molecule has 0 saturated carbocycles. The van der Waals surface area contributed by atoms with Gasteiger partial charge >= 0.3 is 5.97 Å². The van der Waals surface area contributed by atoms with Gasteiger partial charge in [-0.2, -0.15) is 11.8 Å². The van der Waals surface area contributed by atoms with Crippen molar-refractivity contribution in [2.24, 2.45) is 0 Å². The Morgan fingerprint density at radius 3 is 2.90 bits per heavy atom. The van der Waals surface area contributed by atoms with Crippen molar-refractivity contribution < 1.29 is 23.6 Å². The van der Waals surface area contributed by atoms with Crippen LogP contribution in [0.15, 0.2) is 33.4 Å². The highest BCUT2D eigenvalue weighted by Gasteiger charge is 2.18. The zero-order valence-corrected chi connectivity index (χ0v) is 12.1. The highest BCUT2D eigenvalue weighted by Crippen LogP contribution is 2.22. The minimum absolute atomic E-state index is 0.248. The number of amides is 1. The van der Waals surface area contributed by atoms with Crippen LogP contribution in [0.5, 0.6) is 0 Å². The first-order valence-corrected chi connectivity index (χ1v) is 7.29. The Hall–Kier alpha value is -2.22. The minimum atomic E-state index is -1.06. The van der Waals surface area contributed by atoms with Crippen molar-refractivity contribution >= 4 is 23.6 Å². The van der Waals surface area contributed by atoms with Crippen molar-refractivity contribution in [2.75, 3.05) is 5.75 Å². The van der Waals surface area contributed by atoms with E-state index in [1.807, 2.05) is 0 Å². The van der Waals surface area contributed by atoms with Crippen LogP contribution in [0.3, 0.4) is 0 Å². The fraction of sp³-hybridized carbons (Fsp3) is 0.308. The van der Waals surface area contributed by atoms with E-state index in [1.54, 1.807) is 18.2 Å². The van der Waals surface area contributed by atoms with E-state index in [2.05, 4.69) is 10.5 Å². The number of aliphatic carboxylic acids is 1. The second-order valence-corrected chi connectivity index (χ2v) is 5.30. The van der Waals surface area contributed by atoms with E-state index in [9.17, 15) is 9.59 Å². The van der Waals surface area contributed by atoms with Crippen LogP contribution in [0.25, 0.3) is 11.5 Å². The number of carboxylic acid groups (broad SMARTS) is 1. The molecule has 1 atom stereocenters. The number of nitrogens with zero attached hydrogens (tertiary/aromatic N) is 1. The molecule has 2 N–H and O–H groups in total. The van der Waals surface area contributed by atoms with Gasteiger partial charge in [0.05, 0.1) is 12.0 Å². The number of carbonyl (C=O) groups excluding carboxylic acids is 1. The molecule has 0 fully saturated rings. The zero-order valence-electron chi connectivity index (χ0n) is 11.2. The first-order chi connectivity index (χ1) is 10.1. The summed E-state index contributed by atoms with van der Waals surface area (Å²) in [6, 6.07) is 4.33. The second kappa shape index (κ2) is 6.98. The predicted molar refractivity (Wildman–Crippen MR) is 75.6 cm³/mol. The summed E-state index contributed by atoms with van der Waals surface area (Å²) in [5, 5.41) is 15.2. The highest BCUT2D eigenvalue weighted by atomic mass is 32.2. The Kier molecular flexibility index (Phi) is 5.04. The summed E-state index contributed by atoms with van der Waals surface area (Å²) >= 11 is 1.35. The van der Waals surface area contributed by atoms with Crippen LogP contribution in [-0.4, -0.2) is 33.9 Å². The van der Waals surface area contributed by atoms with Gasteiger partial charge in [-0.05, 0) is 12.1 Å². The summed E-state index contributed by atoms with van der Waals surface area (Å²) in [5.41, 5.74) is 0.679. The predicted octanol–water partition coefficient (Wildman–Crippen LogP) is 1.76. The molecule has 0 aromatic carbocycles. The normalized spacial score (nSPS) is 12.0. The quantitative estimate of drug-likeness (QED) is 0.802. The lowest BCUT2D eigenvalue weighted by Crippen LogP contribution is -2.41. The Balaban J connectivity index is 1.85. The molecule has 2 rings (SSSR count). The number of hydrogen-bond acceptors (Lipinski definition) is 6. The second-order valence-electron chi connectivity index (χ2n) is 4.27. The maximum atomic E-state index is 11.0. The molecule has 2 aromatic heterocycles. The average Bonchev–Trinajstić information content (AvgIpc) is 3.07. The van der Waals surface area contributed by atoms with Crippen LogP contribution in [0.2, 0.25) is 0 Å². The lowest BCUT2D eigenvalue weighted by atomic mass is 10.3.